The Balaban J connectivity index is 2.06. The van der Waals surface area contributed by atoms with Crippen LogP contribution in [0.4, 0.5) is 4.39 Å². The second-order valence-electron chi connectivity index (χ2n) is 4.72. The molecule has 1 aromatic rings. The molecule has 0 saturated carbocycles. The van der Waals surface area contributed by atoms with E-state index in [2.05, 4.69) is 5.32 Å². The number of benzene rings is 1. The Morgan fingerprint density at radius 1 is 1.29 bits per heavy atom. The highest BCUT2D eigenvalue weighted by Gasteiger charge is 2.16. The van der Waals surface area contributed by atoms with E-state index < -0.39 is 0 Å². The van der Waals surface area contributed by atoms with Crippen LogP contribution in [0, 0.1) is 11.7 Å². The molecule has 1 saturated heterocycles. The van der Waals surface area contributed by atoms with Gasteiger partial charge in [0.1, 0.15) is 5.82 Å². The largest absolute Gasteiger partial charge is 0.380 e. The number of halogens is 1. The van der Waals surface area contributed by atoms with Gasteiger partial charge in [0.25, 0.3) is 0 Å². The highest BCUT2D eigenvalue weighted by molar-refractivity contribution is 5.26. The Labute approximate surface area is 102 Å². The van der Waals surface area contributed by atoms with Crippen molar-refractivity contribution in [1.29, 1.82) is 0 Å². The molecule has 94 valence electrons. The van der Waals surface area contributed by atoms with Crippen LogP contribution in [0.1, 0.15) is 24.0 Å². The molecule has 1 heterocycles. The number of rotatable bonds is 4. The molecule has 0 atom stereocenters. The van der Waals surface area contributed by atoms with Gasteiger partial charge >= 0.3 is 0 Å². The van der Waals surface area contributed by atoms with E-state index in [9.17, 15) is 4.39 Å². The van der Waals surface area contributed by atoms with Gasteiger partial charge in [-0.25, -0.2) is 4.39 Å². The third kappa shape index (κ3) is 3.27. The first-order valence-corrected chi connectivity index (χ1v) is 6.27. The quantitative estimate of drug-likeness (QED) is 0.868. The van der Waals surface area contributed by atoms with E-state index in [-0.39, 0.29) is 5.82 Å². The summed E-state index contributed by atoms with van der Waals surface area (Å²) < 4.78 is 19.1. The first-order valence-electron chi connectivity index (χ1n) is 6.27. The zero-order valence-corrected chi connectivity index (χ0v) is 10.3. The normalized spacial score (nSPS) is 17.3. The molecular weight excluding hydrogens is 217 g/mol. The first-order chi connectivity index (χ1) is 8.31. The lowest BCUT2D eigenvalue weighted by atomic mass is 9.90. The van der Waals surface area contributed by atoms with Crippen LogP contribution in [0.25, 0.3) is 0 Å². The van der Waals surface area contributed by atoms with Gasteiger partial charge in [-0.2, -0.15) is 0 Å². The molecule has 17 heavy (non-hydrogen) atoms. The number of hydrogen-bond acceptors (Lipinski definition) is 2. The maximum atomic E-state index is 14.1. The Bertz CT molecular complexity index is 361. The highest BCUT2D eigenvalue weighted by atomic mass is 19.1. The van der Waals surface area contributed by atoms with Gasteiger partial charge in [0.15, 0.2) is 0 Å². The second kappa shape index (κ2) is 6.12. The van der Waals surface area contributed by atoms with Crippen molar-refractivity contribution in [3.8, 4) is 0 Å². The van der Waals surface area contributed by atoms with Crippen LogP contribution in [0.5, 0.6) is 0 Å². The van der Waals surface area contributed by atoms with E-state index >= 15 is 0 Å². The fourth-order valence-corrected chi connectivity index (χ4v) is 2.45. The second-order valence-corrected chi connectivity index (χ2v) is 4.72. The molecule has 0 amide bonds. The molecule has 0 radical (unpaired) electrons. The average Bonchev–Trinajstić information content (AvgIpc) is 2.36. The maximum Gasteiger partial charge on any atom is 0.131 e. The molecule has 3 heteroatoms. The van der Waals surface area contributed by atoms with Crippen LogP contribution in [-0.2, 0) is 17.8 Å². The monoisotopic (exact) mass is 237 g/mol. The summed E-state index contributed by atoms with van der Waals surface area (Å²) >= 11 is 0. The van der Waals surface area contributed by atoms with E-state index in [1.54, 1.807) is 13.2 Å². The Morgan fingerprint density at radius 3 is 2.71 bits per heavy atom. The third-order valence-electron chi connectivity index (χ3n) is 3.43. The minimum atomic E-state index is -0.0760. The van der Waals surface area contributed by atoms with Crippen LogP contribution in [0.2, 0.25) is 0 Å². The van der Waals surface area contributed by atoms with Gasteiger partial charge in [-0.05, 0) is 43.8 Å². The number of hydrogen-bond donors (Lipinski definition) is 1. The molecule has 0 unspecified atom stereocenters. The molecule has 0 spiro atoms. The van der Waals surface area contributed by atoms with Crippen molar-refractivity contribution in [1.82, 2.24) is 5.32 Å². The van der Waals surface area contributed by atoms with Gasteiger partial charge in [0, 0.05) is 12.7 Å². The summed E-state index contributed by atoms with van der Waals surface area (Å²) in [5, 5.41) is 3.33. The third-order valence-corrected chi connectivity index (χ3v) is 3.43. The first kappa shape index (κ1) is 12.5. The molecule has 0 bridgehead atoms. The van der Waals surface area contributed by atoms with Gasteiger partial charge in [-0.1, -0.05) is 18.2 Å². The summed E-state index contributed by atoms with van der Waals surface area (Å²) in [7, 11) is 1.60. The van der Waals surface area contributed by atoms with Crippen LogP contribution in [0.3, 0.4) is 0 Å². The zero-order valence-electron chi connectivity index (χ0n) is 10.3. The standard InChI is InChI=1S/C14H20FNO/c1-17-10-13-4-2-3-12(14(13)15)9-11-5-7-16-8-6-11/h2-4,11,16H,5-10H2,1H3. The minimum absolute atomic E-state index is 0.0760. The van der Waals surface area contributed by atoms with Crippen molar-refractivity contribution >= 4 is 0 Å². The molecule has 0 aromatic heterocycles. The van der Waals surface area contributed by atoms with Gasteiger partial charge in [0.05, 0.1) is 6.61 Å². The van der Waals surface area contributed by atoms with Crippen LogP contribution < -0.4 is 5.32 Å². The van der Waals surface area contributed by atoms with Crippen molar-refractivity contribution in [2.75, 3.05) is 20.2 Å². The fraction of sp³-hybridized carbons (Fsp3) is 0.571. The lowest BCUT2D eigenvalue weighted by Gasteiger charge is -2.23. The zero-order chi connectivity index (χ0) is 12.1. The van der Waals surface area contributed by atoms with E-state index in [1.807, 2.05) is 12.1 Å². The molecule has 1 aliphatic rings. The summed E-state index contributed by atoms with van der Waals surface area (Å²) in [6.07, 6.45) is 3.15. The predicted molar refractivity (Wildman–Crippen MR) is 66.4 cm³/mol. The molecule has 0 aliphatic carbocycles. The summed E-state index contributed by atoms with van der Waals surface area (Å²) in [6, 6.07) is 5.62. The molecule has 1 aliphatic heterocycles. The van der Waals surface area contributed by atoms with Crippen LogP contribution in [0.15, 0.2) is 18.2 Å². The molecule has 1 aromatic carbocycles. The number of ether oxygens (including phenoxy) is 1. The smallest absolute Gasteiger partial charge is 0.131 e. The number of methoxy groups -OCH3 is 1. The summed E-state index contributed by atoms with van der Waals surface area (Å²) in [5.41, 5.74) is 1.50. The van der Waals surface area contributed by atoms with Crippen molar-refractivity contribution in [2.45, 2.75) is 25.9 Å². The Kier molecular flexibility index (Phi) is 4.51. The maximum absolute atomic E-state index is 14.1. The van der Waals surface area contributed by atoms with E-state index in [1.165, 1.54) is 0 Å². The molecule has 1 fully saturated rings. The summed E-state index contributed by atoms with van der Waals surface area (Å²) in [6.45, 7) is 2.47. The van der Waals surface area contributed by atoms with Crippen molar-refractivity contribution < 1.29 is 9.13 Å². The molecular formula is C14H20FNO. The van der Waals surface area contributed by atoms with E-state index in [0.717, 1.165) is 37.9 Å². The summed E-state index contributed by atoms with van der Waals surface area (Å²) in [5.74, 6) is 0.538. The number of piperidine rings is 1. The SMILES string of the molecule is COCc1cccc(CC2CCNCC2)c1F. The Hall–Kier alpha value is -0.930. The molecule has 2 nitrogen and oxygen atoms in total. The molecule has 1 N–H and O–H groups in total. The molecule has 2 rings (SSSR count). The highest BCUT2D eigenvalue weighted by Crippen LogP contribution is 2.22. The lowest BCUT2D eigenvalue weighted by Crippen LogP contribution is -2.28. The van der Waals surface area contributed by atoms with E-state index in [0.29, 0.717) is 18.1 Å². The predicted octanol–water partition coefficient (Wildman–Crippen LogP) is 2.51. The van der Waals surface area contributed by atoms with Crippen molar-refractivity contribution in [3.05, 3.63) is 35.1 Å². The fourth-order valence-electron chi connectivity index (χ4n) is 2.45. The van der Waals surface area contributed by atoms with Gasteiger partial charge in [0.2, 0.25) is 0 Å². The van der Waals surface area contributed by atoms with Gasteiger partial charge < -0.3 is 10.1 Å². The average molecular weight is 237 g/mol. The van der Waals surface area contributed by atoms with Gasteiger partial charge in [-0.15, -0.1) is 0 Å². The lowest BCUT2D eigenvalue weighted by molar-refractivity contribution is 0.181. The minimum Gasteiger partial charge on any atom is -0.380 e. The van der Waals surface area contributed by atoms with Crippen LogP contribution in [-0.4, -0.2) is 20.2 Å². The topological polar surface area (TPSA) is 21.3 Å². The van der Waals surface area contributed by atoms with Crippen LogP contribution >= 0.6 is 0 Å². The summed E-state index contributed by atoms with van der Waals surface area (Å²) in [4.78, 5) is 0. The number of nitrogens with one attached hydrogen (secondary N) is 1. The van der Waals surface area contributed by atoms with Crippen molar-refractivity contribution in [2.24, 2.45) is 5.92 Å². The van der Waals surface area contributed by atoms with Crippen molar-refractivity contribution in [3.63, 3.8) is 0 Å². The Morgan fingerprint density at radius 2 is 2.00 bits per heavy atom. The van der Waals surface area contributed by atoms with E-state index in [4.69, 9.17) is 4.74 Å². The van der Waals surface area contributed by atoms with Gasteiger partial charge in [-0.3, -0.25) is 0 Å².